The van der Waals surface area contributed by atoms with Gasteiger partial charge in [0.05, 0.1) is 23.7 Å². The summed E-state index contributed by atoms with van der Waals surface area (Å²) in [5.74, 6) is 1.32. The summed E-state index contributed by atoms with van der Waals surface area (Å²) in [7, 11) is -3.04. The zero-order valence-corrected chi connectivity index (χ0v) is 17.0. The van der Waals surface area contributed by atoms with E-state index in [0.717, 1.165) is 29.8 Å². The van der Waals surface area contributed by atoms with Gasteiger partial charge in [0.25, 0.3) is 0 Å². The second kappa shape index (κ2) is 6.63. The van der Waals surface area contributed by atoms with Gasteiger partial charge in [-0.1, -0.05) is 18.2 Å². The van der Waals surface area contributed by atoms with E-state index >= 15 is 0 Å². The highest BCUT2D eigenvalue weighted by molar-refractivity contribution is 7.91. The van der Waals surface area contributed by atoms with Crippen molar-refractivity contribution in [2.75, 3.05) is 18.1 Å². The molecular weight excluding hydrogens is 362 g/mol. The Balaban J connectivity index is 1.64. The molecule has 27 heavy (non-hydrogen) atoms. The van der Waals surface area contributed by atoms with Crippen LogP contribution >= 0.6 is 0 Å². The highest BCUT2D eigenvalue weighted by atomic mass is 32.2. The zero-order chi connectivity index (χ0) is 19.2. The van der Waals surface area contributed by atoms with Crippen molar-refractivity contribution < 1.29 is 13.2 Å². The van der Waals surface area contributed by atoms with Crippen LogP contribution in [0.4, 0.5) is 0 Å². The van der Waals surface area contributed by atoms with Crippen LogP contribution in [-0.2, 0) is 29.3 Å². The van der Waals surface area contributed by atoms with E-state index in [-0.39, 0.29) is 23.1 Å². The first-order valence-electron chi connectivity index (χ1n) is 9.53. The van der Waals surface area contributed by atoms with Gasteiger partial charge in [0, 0.05) is 43.4 Å². The van der Waals surface area contributed by atoms with Gasteiger partial charge in [-0.15, -0.1) is 0 Å². The second-order valence-corrected chi connectivity index (χ2v) is 10.4. The molecule has 1 aromatic carbocycles. The van der Waals surface area contributed by atoms with Gasteiger partial charge in [-0.3, -0.25) is 9.58 Å². The Morgan fingerprint density at radius 2 is 2.15 bits per heavy atom. The van der Waals surface area contributed by atoms with Crippen LogP contribution < -0.4 is 4.74 Å². The normalized spacial score (nSPS) is 23.7. The van der Waals surface area contributed by atoms with E-state index in [1.54, 1.807) is 6.20 Å². The Bertz CT molecular complexity index is 949. The average molecular weight is 390 g/mol. The van der Waals surface area contributed by atoms with Gasteiger partial charge in [0.1, 0.15) is 11.4 Å². The van der Waals surface area contributed by atoms with Crippen molar-refractivity contribution in [1.82, 2.24) is 14.7 Å². The summed E-state index contributed by atoms with van der Waals surface area (Å²) in [5.41, 5.74) is 3.14. The monoisotopic (exact) mass is 389 g/mol. The molecule has 0 radical (unpaired) electrons. The third-order valence-electron chi connectivity index (χ3n) is 5.45. The number of ether oxygens (including phenoxy) is 1. The fourth-order valence-electron chi connectivity index (χ4n) is 4.08. The molecule has 1 fully saturated rings. The number of aromatic nitrogens is 2. The molecule has 3 heterocycles. The average Bonchev–Trinajstić information content (AvgIpc) is 3.19. The minimum atomic E-state index is -3.04. The molecule has 1 unspecified atom stereocenters. The Morgan fingerprint density at radius 1 is 1.33 bits per heavy atom. The van der Waals surface area contributed by atoms with Crippen LogP contribution in [0, 0.1) is 0 Å². The molecule has 0 saturated carbocycles. The lowest BCUT2D eigenvalue weighted by molar-refractivity contribution is 0.133. The maximum atomic E-state index is 12.3. The summed E-state index contributed by atoms with van der Waals surface area (Å²) in [5, 5.41) is 4.35. The Labute approximate surface area is 161 Å². The number of fused-ring (bicyclic) bond motifs is 1. The summed E-state index contributed by atoms with van der Waals surface area (Å²) in [6.45, 7) is 8.21. The smallest absolute Gasteiger partial charge is 0.153 e. The second-order valence-electron chi connectivity index (χ2n) is 8.17. The van der Waals surface area contributed by atoms with Crippen LogP contribution in [0.5, 0.6) is 5.75 Å². The zero-order valence-electron chi connectivity index (χ0n) is 16.2. The van der Waals surface area contributed by atoms with Crippen LogP contribution in [0.15, 0.2) is 30.6 Å². The number of hydrogen-bond acceptors (Lipinski definition) is 5. The SMILES string of the molecule is CCn1cc(C2CS(=O)(=O)CCN2Cc2cccc3c2OC(C)(C)C3)cn1. The van der Waals surface area contributed by atoms with Crippen LogP contribution in [-0.4, -0.2) is 46.7 Å². The topological polar surface area (TPSA) is 64.4 Å². The third-order valence-corrected chi connectivity index (χ3v) is 7.08. The van der Waals surface area contributed by atoms with Crippen LogP contribution in [0.2, 0.25) is 0 Å². The fourth-order valence-corrected chi connectivity index (χ4v) is 5.65. The van der Waals surface area contributed by atoms with E-state index in [0.29, 0.717) is 13.1 Å². The van der Waals surface area contributed by atoms with E-state index in [4.69, 9.17) is 4.74 Å². The quantitative estimate of drug-likeness (QED) is 0.804. The predicted octanol–water partition coefficient (Wildman–Crippen LogP) is 2.59. The van der Waals surface area contributed by atoms with Crippen molar-refractivity contribution in [1.29, 1.82) is 0 Å². The highest BCUT2D eigenvalue weighted by Crippen LogP contribution is 2.39. The highest BCUT2D eigenvalue weighted by Gasteiger charge is 2.36. The van der Waals surface area contributed by atoms with Crippen LogP contribution in [0.1, 0.15) is 43.5 Å². The minimum absolute atomic E-state index is 0.143. The number of sulfone groups is 1. The van der Waals surface area contributed by atoms with Crippen molar-refractivity contribution in [3.63, 3.8) is 0 Å². The maximum Gasteiger partial charge on any atom is 0.153 e. The van der Waals surface area contributed by atoms with E-state index in [1.807, 2.05) is 17.8 Å². The van der Waals surface area contributed by atoms with Gasteiger partial charge < -0.3 is 4.74 Å². The van der Waals surface area contributed by atoms with Crippen LogP contribution in [0.25, 0.3) is 0 Å². The number of nitrogens with zero attached hydrogens (tertiary/aromatic N) is 3. The Kier molecular flexibility index (Phi) is 4.55. The molecule has 2 aliphatic rings. The van der Waals surface area contributed by atoms with Gasteiger partial charge in [0.15, 0.2) is 9.84 Å². The van der Waals surface area contributed by atoms with Gasteiger partial charge in [-0.25, -0.2) is 8.42 Å². The number of rotatable bonds is 4. The number of aryl methyl sites for hydroxylation is 1. The van der Waals surface area contributed by atoms with Crippen molar-refractivity contribution in [2.24, 2.45) is 0 Å². The van der Waals surface area contributed by atoms with E-state index < -0.39 is 9.84 Å². The number of hydrogen-bond donors (Lipinski definition) is 0. The largest absolute Gasteiger partial charge is 0.487 e. The van der Waals surface area contributed by atoms with Gasteiger partial charge in [-0.2, -0.15) is 5.10 Å². The molecule has 4 rings (SSSR count). The Morgan fingerprint density at radius 3 is 2.89 bits per heavy atom. The first-order valence-corrected chi connectivity index (χ1v) is 11.3. The standard InChI is InChI=1S/C20H27N3O3S/c1-4-23-13-17(11-21-23)18-14-27(24,25)9-8-22(18)12-16-7-5-6-15-10-20(2,3)26-19(15)16/h5-7,11,13,18H,4,8-10,12,14H2,1-3H3. The molecule has 2 aromatic rings. The molecule has 0 amide bonds. The number of para-hydroxylation sites is 1. The predicted molar refractivity (Wildman–Crippen MR) is 105 cm³/mol. The molecule has 0 spiro atoms. The molecule has 0 aliphatic carbocycles. The lowest BCUT2D eigenvalue weighted by atomic mass is 10.00. The molecule has 7 heteroatoms. The summed E-state index contributed by atoms with van der Waals surface area (Å²) in [6, 6.07) is 6.12. The van der Waals surface area contributed by atoms with Crippen LogP contribution in [0.3, 0.4) is 0 Å². The van der Waals surface area contributed by atoms with Gasteiger partial charge in [0.2, 0.25) is 0 Å². The molecule has 1 atom stereocenters. The molecule has 1 saturated heterocycles. The molecule has 2 aliphatic heterocycles. The molecule has 1 aromatic heterocycles. The van der Waals surface area contributed by atoms with E-state index in [2.05, 4.69) is 42.0 Å². The lowest BCUT2D eigenvalue weighted by Gasteiger charge is -2.35. The van der Waals surface area contributed by atoms with E-state index in [1.165, 1.54) is 5.56 Å². The Hall–Kier alpha value is -1.86. The third kappa shape index (κ3) is 3.75. The summed E-state index contributed by atoms with van der Waals surface area (Å²) >= 11 is 0. The molecule has 0 bridgehead atoms. The lowest BCUT2D eigenvalue weighted by Crippen LogP contribution is -2.42. The molecule has 146 valence electrons. The van der Waals surface area contributed by atoms with Crippen molar-refractivity contribution in [3.05, 3.63) is 47.3 Å². The summed E-state index contributed by atoms with van der Waals surface area (Å²) in [4.78, 5) is 2.25. The van der Waals surface area contributed by atoms with Gasteiger partial charge >= 0.3 is 0 Å². The maximum absolute atomic E-state index is 12.3. The fraction of sp³-hybridized carbons (Fsp3) is 0.550. The first-order chi connectivity index (χ1) is 12.8. The molecule has 6 nitrogen and oxygen atoms in total. The van der Waals surface area contributed by atoms with E-state index in [9.17, 15) is 8.42 Å². The summed E-state index contributed by atoms with van der Waals surface area (Å²) in [6.07, 6.45) is 4.67. The van der Waals surface area contributed by atoms with Crippen molar-refractivity contribution >= 4 is 9.84 Å². The first kappa shape index (κ1) is 18.5. The molecular formula is C20H27N3O3S. The van der Waals surface area contributed by atoms with Crippen molar-refractivity contribution in [3.8, 4) is 5.75 Å². The summed E-state index contributed by atoms with van der Waals surface area (Å²) < 4.78 is 32.7. The number of benzene rings is 1. The van der Waals surface area contributed by atoms with Gasteiger partial charge in [-0.05, 0) is 26.3 Å². The minimum Gasteiger partial charge on any atom is -0.487 e. The molecule has 0 N–H and O–H groups in total. The van der Waals surface area contributed by atoms with Crippen molar-refractivity contribution in [2.45, 2.75) is 51.9 Å².